The SMILES string of the molecule is Oc1ccc([C@H]2Oc3cc(O)cc([C@@H]4[C@H](c5cc(O)cc(O)c5)[C@@H](c5ccc(O)cc5)O[C@@H]4c4ccc(O)cc4)c3[C@@H]2c2cc(O)cc3c2[C@@H](c2cc(O)cc(O)c2)[C@H](c2ccc(O)cc2)O3)cc1. The predicted molar refractivity (Wildman–Crippen MR) is 251 cm³/mol. The van der Waals surface area contributed by atoms with E-state index in [1.807, 2.05) is 0 Å². The highest BCUT2D eigenvalue weighted by atomic mass is 16.5. The van der Waals surface area contributed by atoms with Gasteiger partial charge in [-0.05, 0) is 129 Å². The molecule has 346 valence electrons. The van der Waals surface area contributed by atoms with Crippen molar-refractivity contribution in [1.29, 1.82) is 0 Å². The predicted octanol–water partition coefficient (Wildman–Crippen LogP) is 10.7. The lowest BCUT2D eigenvalue weighted by molar-refractivity contribution is 0.0366. The van der Waals surface area contributed by atoms with Crippen molar-refractivity contribution < 1.29 is 65.3 Å². The average molecular weight is 925 g/mol. The third-order valence-corrected chi connectivity index (χ3v) is 13.6. The summed E-state index contributed by atoms with van der Waals surface area (Å²) in [4.78, 5) is 0. The van der Waals surface area contributed by atoms with Gasteiger partial charge in [0.1, 0.15) is 81.2 Å². The molecule has 8 aromatic rings. The smallest absolute Gasteiger partial charge is 0.135 e. The fourth-order valence-corrected chi connectivity index (χ4v) is 10.8. The van der Waals surface area contributed by atoms with Crippen molar-refractivity contribution in [2.24, 2.45) is 0 Å². The monoisotopic (exact) mass is 924 g/mol. The lowest BCUT2D eigenvalue weighted by Crippen LogP contribution is -2.19. The first-order chi connectivity index (χ1) is 33.3. The highest BCUT2D eigenvalue weighted by molar-refractivity contribution is 5.65. The molecule has 0 aliphatic carbocycles. The normalized spacial score (nSPS) is 22.4. The molecule has 0 saturated carbocycles. The van der Waals surface area contributed by atoms with Crippen molar-refractivity contribution in [1.82, 2.24) is 0 Å². The molecular formula is C56H44O13. The average Bonchev–Trinajstić information content (AvgIpc) is 4.01. The van der Waals surface area contributed by atoms with Gasteiger partial charge in [-0.15, -0.1) is 0 Å². The van der Waals surface area contributed by atoms with Gasteiger partial charge in [0.2, 0.25) is 0 Å². The summed E-state index contributed by atoms with van der Waals surface area (Å²) in [6.45, 7) is 0. The van der Waals surface area contributed by atoms with Crippen LogP contribution in [0.1, 0.15) is 104 Å². The van der Waals surface area contributed by atoms with E-state index in [0.717, 1.165) is 0 Å². The summed E-state index contributed by atoms with van der Waals surface area (Å²) in [6.07, 6.45) is -3.37. The number of phenols is 10. The highest BCUT2D eigenvalue weighted by Crippen LogP contribution is 2.65. The summed E-state index contributed by atoms with van der Waals surface area (Å²) >= 11 is 0. The van der Waals surface area contributed by atoms with E-state index >= 15 is 0 Å². The van der Waals surface area contributed by atoms with Gasteiger partial charge >= 0.3 is 0 Å². The Balaban J connectivity index is 1.20. The zero-order valence-corrected chi connectivity index (χ0v) is 36.3. The van der Waals surface area contributed by atoms with Crippen LogP contribution in [0.5, 0.6) is 69.0 Å². The zero-order valence-electron chi connectivity index (χ0n) is 36.3. The molecule has 0 amide bonds. The van der Waals surface area contributed by atoms with E-state index in [0.29, 0.717) is 61.4 Å². The molecule has 0 bridgehead atoms. The first-order valence-electron chi connectivity index (χ1n) is 22.2. The molecule has 3 aliphatic rings. The fraction of sp³-hybridized carbons (Fsp3) is 0.143. The van der Waals surface area contributed by atoms with Crippen LogP contribution in [0.3, 0.4) is 0 Å². The largest absolute Gasteiger partial charge is 0.508 e. The Morgan fingerprint density at radius 1 is 0.261 bits per heavy atom. The second-order valence-electron chi connectivity index (χ2n) is 17.9. The molecule has 8 aromatic carbocycles. The van der Waals surface area contributed by atoms with Crippen LogP contribution < -0.4 is 9.47 Å². The van der Waals surface area contributed by atoms with Gasteiger partial charge in [-0.25, -0.2) is 0 Å². The number of ether oxygens (including phenoxy) is 3. The molecule has 3 heterocycles. The minimum atomic E-state index is -0.899. The summed E-state index contributed by atoms with van der Waals surface area (Å²) in [6, 6.07) is 40.9. The molecule has 0 aromatic heterocycles. The molecule has 1 fully saturated rings. The summed E-state index contributed by atoms with van der Waals surface area (Å²) in [5.41, 5.74) is 5.70. The summed E-state index contributed by atoms with van der Waals surface area (Å²) < 4.78 is 20.9. The Hall–Kier alpha value is -8.68. The molecule has 0 spiro atoms. The van der Waals surface area contributed by atoms with Crippen molar-refractivity contribution in [3.05, 3.63) is 213 Å². The van der Waals surface area contributed by atoms with Crippen LogP contribution in [0.2, 0.25) is 0 Å². The maximum Gasteiger partial charge on any atom is 0.135 e. The molecule has 3 aliphatic heterocycles. The Morgan fingerprint density at radius 3 is 1.03 bits per heavy atom. The number of benzene rings is 8. The molecule has 69 heavy (non-hydrogen) atoms. The van der Waals surface area contributed by atoms with E-state index in [1.54, 1.807) is 84.9 Å². The zero-order chi connectivity index (χ0) is 47.8. The van der Waals surface area contributed by atoms with E-state index in [9.17, 15) is 51.1 Å². The molecule has 11 rings (SSSR count). The van der Waals surface area contributed by atoms with E-state index in [-0.39, 0.29) is 63.2 Å². The molecule has 13 nitrogen and oxygen atoms in total. The van der Waals surface area contributed by atoms with Gasteiger partial charge in [-0.2, -0.15) is 0 Å². The van der Waals surface area contributed by atoms with Gasteiger partial charge in [0.05, 0.1) is 24.0 Å². The fourth-order valence-electron chi connectivity index (χ4n) is 10.8. The van der Waals surface area contributed by atoms with E-state index < -0.39 is 48.1 Å². The van der Waals surface area contributed by atoms with Gasteiger partial charge in [-0.1, -0.05) is 48.5 Å². The molecule has 13 heteroatoms. The van der Waals surface area contributed by atoms with Crippen LogP contribution >= 0.6 is 0 Å². The quantitative estimate of drug-likeness (QED) is 0.0685. The van der Waals surface area contributed by atoms with Crippen LogP contribution in [-0.2, 0) is 4.74 Å². The van der Waals surface area contributed by atoms with Crippen LogP contribution in [-0.4, -0.2) is 51.1 Å². The lowest BCUT2D eigenvalue weighted by Gasteiger charge is -2.30. The van der Waals surface area contributed by atoms with Crippen molar-refractivity contribution >= 4 is 0 Å². The first kappa shape index (κ1) is 42.9. The Kier molecular flexibility index (Phi) is 10.3. The second-order valence-corrected chi connectivity index (χ2v) is 17.9. The molecule has 8 atom stereocenters. The van der Waals surface area contributed by atoms with Gasteiger partial charge in [0.15, 0.2) is 0 Å². The van der Waals surface area contributed by atoms with Gasteiger partial charge in [0.25, 0.3) is 0 Å². The summed E-state index contributed by atoms with van der Waals surface area (Å²) in [7, 11) is 0. The van der Waals surface area contributed by atoms with Crippen molar-refractivity contribution in [2.45, 2.75) is 48.1 Å². The van der Waals surface area contributed by atoms with Gasteiger partial charge in [-0.3, -0.25) is 0 Å². The minimum Gasteiger partial charge on any atom is -0.508 e. The van der Waals surface area contributed by atoms with Gasteiger partial charge in [0, 0.05) is 47.2 Å². The number of aromatic hydroxyl groups is 10. The number of fused-ring (bicyclic) bond motifs is 2. The number of hydrogen-bond acceptors (Lipinski definition) is 13. The molecule has 1 saturated heterocycles. The third kappa shape index (κ3) is 7.68. The number of rotatable bonds is 8. The van der Waals surface area contributed by atoms with Crippen LogP contribution in [0.15, 0.2) is 158 Å². The van der Waals surface area contributed by atoms with Crippen molar-refractivity contribution in [3.63, 3.8) is 0 Å². The van der Waals surface area contributed by atoms with Crippen LogP contribution in [0, 0.1) is 0 Å². The molecule has 0 unspecified atom stereocenters. The standard InChI is InChI=1S/C56H44O13/c57-33-9-1-27(2-10-33)53-47(31-17-37(61)21-38(62)18-31)49-43(23-41(65)25-45(49)67-53)52-50-44(24-42(66)26-46(50)68-55(52)29-5-13-35(59)14-6-29)51-48(32-19-39(63)22-40(64)20-32)54(28-3-11-34(58)12-4-28)69-56(51)30-7-15-36(60)16-8-30/h1-26,47-48,51-66H/t47-,48+,51-,52+,53+,54-,55-,56-/m1/s1. The van der Waals surface area contributed by atoms with Crippen LogP contribution in [0.4, 0.5) is 0 Å². The lowest BCUT2D eigenvalue weighted by atomic mass is 9.70. The Bertz CT molecular complexity index is 3200. The second kappa shape index (κ2) is 16.6. The van der Waals surface area contributed by atoms with E-state index in [4.69, 9.17) is 14.2 Å². The van der Waals surface area contributed by atoms with Crippen LogP contribution in [0.25, 0.3) is 0 Å². The van der Waals surface area contributed by atoms with E-state index in [1.165, 1.54) is 72.8 Å². The topological polar surface area (TPSA) is 230 Å². The summed E-state index contributed by atoms with van der Waals surface area (Å²) in [5, 5.41) is 109. The molecular weight excluding hydrogens is 881 g/mol. The minimum absolute atomic E-state index is 0.00798. The molecule has 10 N–H and O–H groups in total. The third-order valence-electron chi connectivity index (χ3n) is 13.6. The van der Waals surface area contributed by atoms with Crippen molar-refractivity contribution in [2.75, 3.05) is 0 Å². The first-order valence-corrected chi connectivity index (χ1v) is 22.2. The number of hydrogen-bond donors (Lipinski definition) is 10. The highest BCUT2D eigenvalue weighted by Gasteiger charge is 2.52. The Morgan fingerprint density at radius 2 is 0.594 bits per heavy atom. The number of phenolic OH excluding ortho intramolecular Hbond substituents is 10. The van der Waals surface area contributed by atoms with Crippen molar-refractivity contribution in [3.8, 4) is 69.0 Å². The van der Waals surface area contributed by atoms with Gasteiger partial charge < -0.3 is 65.3 Å². The van der Waals surface area contributed by atoms with E-state index in [2.05, 4.69) is 0 Å². The maximum absolute atomic E-state index is 11.8. The maximum atomic E-state index is 11.8. The Labute approximate surface area is 394 Å². The molecule has 0 radical (unpaired) electrons. The summed E-state index contributed by atoms with van der Waals surface area (Å²) in [5.74, 6) is -3.64.